The molecule has 1 heterocycles. The zero-order valence-electron chi connectivity index (χ0n) is 10.2. The fraction of sp³-hybridized carbons (Fsp3) is 0.462. The van der Waals surface area contributed by atoms with Gasteiger partial charge in [0.2, 0.25) is 5.91 Å². The Hall–Kier alpha value is -1.91. The number of aromatic nitrogens is 3. The molecule has 2 N–H and O–H groups in total. The molecular formula is C13H16N4O. The Kier molecular flexibility index (Phi) is 2.74. The van der Waals surface area contributed by atoms with Gasteiger partial charge in [0, 0.05) is 5.56 Å². The molecular weight excluding hydrogens is 228 g/mol. The van der Waals surface area contributed by atoms with E-state index in [0.29, 0.717) is 11.6 Å². The molecule has 1 aromatic heterocycles. The molecule has 0 aliphatic heterocycles. The summed E-state index contributed by atoms with van der Waals surface area (Å²) in [5.74, 6) is -0.427. The molecule has 0 spiro atoms. The minimum Gasteiger partial charge on any atom is -0.366 e. The Bertz CT molecular complexity index is 584. The monoisotopic (exact) mass is 244 g/mol. The van der Waals surface area contributed by atoms with Crippen LogP contribution in [0.4, 0.5) is 0 Å². The molecule has 1 aliphatic rings. The Morgan fingerprint density at radius 3 is 2.78 bits per heavy atom. The standard InChI is InChI=1S/C13H16N4O/c14-13(18)9-6-7-12-11(8-9)15-16-17(12)10-4-2-1-3-5-10/h6-8,10H,1-5H2,(H2,14,18). The second-order valence-electron chi connectivity index (χ2n) is 4.89. The quantitative estimate of drug-likeness (QED) is 0.878. The van der Waals surface area contributed by atoms with Crippen LogP contribution in [0.15, 0.2) is 18.2 Å². The number of hydrogen-bond acceptors (Lipinski definition) is 3. The van der Waals surface area contributed by atoms with Crippen LogP contribution in [0.25, 0.3) is 11.0 Å². The van der Waals surface area contributed by atoms with E-state index in [9.17, 15) is 4.79 Å². The fourth-order valence-corrected chi connectivity index (χ4v) is 2.69. The van der Waals surface area contributed by atoms with Crippen LogP contribution in [0.5, 0.6) is 0 Å². The van der Waals surface area contributed by atoms with Crippen molar-refractivity contribution in [3.63, 3.8) is 0 Å². The molecule has 5 heteroatoms. The first-order valence-electron chi connectivity index (χ1n) is 6.40. The number of hydrogen-bond donors (Lipinski definition) is 1. The lowest BCUT2D eigenvalue weighted by Crippen LogP contribution is -2.14. The number of carbonyl (C=O) groups excluding carboxylic acids is 1. The molecule has 1 aromatic carbocycles. The predicted octanol–water partition coefficient (Wildman–Crippen LogP) is 2.04. The lowest BCUT2D eigenvalue weighted by Gasteiger charge is -2.21. The Morgan fingerprint density at radius 2 is 2.06 bits per heavy atom. The van der Waals surface area contributed by atoms with Crippen molar-refractivity contribution in [3.8, 4) is 0 Å². The van der Waals surface area contributed by atoms with E-state index in [1.807, 2.05) is 10.7 Å². The minimum atomic E-state index is -0.427. The lowest BCUT2D eigenvalue weighted by molar-refractivity contribution is 0.100. The highest BCUT2D eigenvalue weighted by Gasteiger charge is 2.18. The summed E-state index contributed by atoms with van der Waals surface area (Å²) in [5, 5.41) is 8.38. The Balaban J connectivity index is 2.01. The molecule has 94 valence electrons. The summed E-state index contributed by atoms with van der Waals surface area (Å²) >= 11 is 0. The van der Waals surface area contributed by atoms with Crippen LogP contribution in [0.3, 0.4) is 0 Å². The second kappa shape index (κ2) is 4.40. The third-order valence-electron chi connectivity index (χ3n) is 3.68. The van der Waals surface area contributed by atoms with Crippen LogP contribution < -0.4 is 5.73 Å². The van der Waals surface area contributed by atoms with E-state index in [1.54, 1.807) is 12.1 Å². The summed E-state index contributed by atoms with van der Waals surface area (Å²) in [4.78, 5) is 11.1. The van der Waals surface area contributed by atoms with E-state index >= 15 is 0 Å². The molecule has 0 atom stereocenters. The third kappa shape index (κ3) is 1.85. The van der Waals surface area contributed by atoms with Gasteiger partial charge in [0.1, 0.15) is 5.52 Å². The van der Waals surface area contributed by atoms with Crippen LogP contribution in [-0.4, -0.2) is 20.9 Å². The van der Waals surface area contributed by atoms with Gasteiger partial charge in [-0.1, -0.05) is 24.5 Å². The molecule has 1 aliphatic carbocycles. The normalized spacial score (nSPS) is 17.1. The SMILES string of the molecule is NC(=O)c1ccc2c(c1)nnn2C1CCCCC1. The zero-order chi connectivity index (χ0) is 12.5. The van der Waals surface area contributed by atoms with Gasteiger partial charge < -0.3 is 5.73 Å². The molecule has 1 fully saturated rings. The van der Waals surface area contributed by atoms with Gasteiger partial charge >= 0.3 is 0 Å². The number of benzene rings is 1. The van der Waals surface area contributed by atoms with Crippen molar-refractivity contribution >= 4 is 16.9 Å². The van der Waals surface area contributed by atoms with Crippen LogP contribution in [0.1, 0.15) is 48.5 Å². The molecule has 0 bridgehead atoms. The van der Waals surface area contributed by atoms with Gasteiger partial charge in [-0.2, -0.15) is 0 Å². The van der Waals surface area contributed by atoms with Crippen molar-refractivity contribution in [3.05, 3.63) is 23.8 Å². The minimum absolute atomic E-state index is 0.427. The van der Waals surface area contributed by atoms with Crippen LogP contribution >= 0.6 is 0 Å². The first kappa shape index (κ1) is 11.2. The van der Waals surface area contributed by atoms with Gasteiger partial charge in [-0.05, 0) is 31.0 Å². The van der Waals surface area contributed by atoms with Gasteiger partial charge in [-0.15, -0.1) is 5.10 Å². The second-order valence-corrected chi connectivity index (χ2v) is 4.89. The Labute approximate surface area is 105 Å². The van der Waals surface area contributed by atoms with Gasteiger partial charge in [0.05, 0.1) is 11.6 Å². The van der Waals surface area contributed by atoms with Gasteiger partial charge in [-0.25, -0.2) is 4.68 Å². The van der Waals surface area contributed by atoms with Crippen molar-refractivity contribution in [2.75, 3.05) is 0 Å². The Morgan fingerprint density at radius 1 is 1.28 bits per heavy atom. The lowest BCUT2D eigenvalue weighted by atomic mass is 9.95. The summed E-state index contributed by atoms with van der Waals surface area (Å²) in [7, 11) is 0. The summed E-state index contributed by atoms with van der Waals surface area (Å²) in [6.07, 6.45) is 6.15. The smallest absolute Gasteiger partial charge is 0.248 e. The van der Waals surface area contributed by atoms with E-state index < -0.39 is 5.91 Å². The van der Waals surface area contributed by atoms with Crippen LogP contribution in [0.2, 0.25) is 0 Å². The molecule has 0 unspecified atom stereocenters. The van der Waals surface area contributed by atoms with Crippen molar-refractivity contribution in [2.24, 2.45) is 5.73 Å². The molecule has 1 amide bonds. The van der Waals surface area contributed by atoms with E-state index in [0.717, 1.165) is 23.9 Å². The van der Waals surface area contributed by atoms with E-state index in [4.69, 9.17) is 5.73 Å². The largest absolute Gasteiger partial charge is 0.366 e. The van der Waals surface area contributed by atoms with E-state index in [-0.39, 0.29) is 0 Å². The maximum atomic E-state index is 11.1. The highest BCUT2D eigenvalue weighted by Crippen LogP contribution is 2.29. The van der Waals surface area contributed by atoms with Crippen LogP contribution in [0, 0.1) is 0 Å². The number of fused-ring (bicyclic) bond motifs is 1. The van der Waals surface area contributed by atoms with Gasteiger partial charge in [-0.3, -0.25) is 4.79 Å². The molecule has 1 saturated carbocycles. The third-order valence-corrected chi connectivity index (χ3v) is 3.68. The highest BCUT2D eigenvalue weighted by atomic mass is 16.1. The van der Waals surface area contributed by atoms with Crippen molar-refractivity contribution in [2.45, 2.75) is 38.1 Å². The fourth-order valence-electron chi connectivity index (χ4n) is 2.69. The molecule has 5 nitrogen and oxygen atoms in total. The molecule has 2 aromatic rings. The molecule has 0 saturated heterocycles. The topological polar surface area (TPSA) is 73.8 Å². The first-order valence-corrected chi connectivity index (χ1v) is 6.40. The molecule has 0 radical (unpaired) electrons. The number of rotatable bonds is 2. The van der Waals surface area contributed by atoms with E-state index in [1.165, 1.54) is 19.3 Å². The molecule has 18 heavy (non-hydrogen) atoms. The van der Waals surface area contributed by atoms with Crippen molar-refractivity contribution in [1.29, 1.82) is 0 Å². The van der Waals surface area contributed by atoms with Crippen molar-refractivity contribution in [1.82, 2.24) is 15.0 Å². The van der Waals surface area contributed by atoms with E-state index in [2.05, 4.69) is 10.3 Å². The number of nitrogens with two attached hydrogens (primary N) is 1. The summed E-state index contributed by atoms with van der Waals surface area (Å²) in [5.41, 5.74) is 7.48. The maximum absolute atomic E-state index is 11.1. The average Bonchev–Trinajstić information content (AvgIpc) is 2.82. The summed E-state index contributed by atoms with van der Waals surface area (Å²) < 4.78 is 2.00. The average molecular weight is 244 g/mol. The maximum Gasteiger partial charge on any atom is 0.248 e. The molecule has 3 rings (SSSR count). The van der Waals surface area contributed by atoms with Crippen molar-refractivity contribution < 1.29 is 4.79 Å². The summed E-state index contributed by atoms with van der Waals surface area (Å²) in [6, 6.07) is 5.80. The number of nitrogens with zero attached hydrogens (tertiary/aromatic N) is 3. The van der Waals surface area contributed by atoms with Gasteiger partial charge in [0.15, 0.2) is 0 Å². The highest BCUT2D eigenvalue weighted by molar-refractivity contribution is 5.96. The number of amides is 1. The number of primary amides is 1. The van der Waals surface area contributed by atoms with Crippen LogP contribution in [-0.2, 0) is 0 Å². The zero-order valence-corrected chi connectivity index (χ0v) is 10.2. The summed E-state index contributed by atoms with van der Waals surface area (Å²) in [6.45, 7) is 0. The number of carbonyl (C=O) groups is 1. The first-order chi connectivity index (χ1) is 8.75. The van der Waals surface area contributed by atoms with Gasteiger partial charge in [0.25, 0.3) is 0 Å². The predicted molar refractivity (Wildman–Crippen MR) is 68.2 cm³/mol.